The Labute approximate surface area is 174 Å². The number of hydrogen-bond donors (Lipinski definition) is 1. The number of ether oxygens (including phenoxy) is 1. The average Bonchev–Trinajstić information content (AvgIpc) is 2.69. The fourth-order valence-electron chi connectivity index (χ4n) is 3.29. The van der Waals surface area contributed by atoms with E-state index in [2.05, 4.69) is 5.32 Å². The normalized spacial score (nSPS) is 11.8. The Morgan fingerprint density at radius 3 is 2.28 bits per heavy atom. The Morgan fingerprint density at radius 1 is 1.07 bits per heavy atom. The smallest absolute Gasteiger partial charge is 0.243 e. The second kappa shape index (κ2) is 10.6. The van der Waals surface area contributed by atoms with E-state index in [1.807, 2.05) is 76.2 Å². The second-order valence-corrected chi connectivity index (χ2v) is 7.56. The first-order chi connectivity index (χ1) is 13.8. The third-order valence-corrected chi connectivity index (χ3v) is 4.93. The number of nitrogens with zero attached hydrogens (tertiary/aromatic N) is 1. The number of methoxy groups -OCH3 is 1. The largest absolute Gasteiger partial charge is 0.497 e. The van der Waals surface area contributed by atoms with Crippen LogP contribution in [-0.2, 0) is 22.6 Å². The summed E-state index contributed by atoms with van der Waals surface area (Å²) in [6.45, 7) is 8.23. The molecule has 1 N–H and O–H groups in total. The summed E-state index contributed by atoms with van der Waals surface area (Å²) in [5, 5.41) is 2.96. The molecule has 5 nitrogen and oxygen atoms in total. The first-order valence-corrected chi connectivity index (χ1v) is 10.1. The zero-order valence-electron chi connectivity index (χ0n) is 18.1. The van der Waals surface area contributed by atoms with Gasteiger partial charge in [-0.3, -0.25) is 9.59 Å². The lowest BCUT2D eigenvalue weighted by molar-refractivity contribution is -0.141. The van der Waals surface area contributed by atoms with Crippen LogP contribution in [0.2, 0.25) is 0 Å². The predicted molar refractivity (Wildman–Crippen MR) is 116 cm³/mol. The molecular formula is C24H32N2O3. The molecule has 1 atom stereocenters. The van der Waals surface area contributed by atoms with Crippen LogP contribution in [0, 0.1) is 6.92 Å². The summed E-state index contributed by atoms with van der Waals surface area (Å²) >= 11 is 0. The molecule has 0 fully saturated rings. The van der Waals surface area contributed by atoms with Crippen molar-refractivity contribution in [2.45, 2.75) is 59.2 Å². The van der Waals surface area contributed by atoms with Crippen molar-refractivity contribution in [2.75, 3.05) is 7.11 Å². The van der Waals surface area contributed by atoms with Gasteiger partial charge >= 0.3 is 0 Å². The van der Waals surface area contributed by atoms with Crippen molar-refractivity contribution >= 4 is 11.8 Å². The van der Waals surface area contributed by atoms with E-state index < -0.39 is 6.04 Å². The topological polar surface area (TPSA) is 58.6 Å². The van der Waals surface area contributed by atoms with Gasteiger partial charge in [-0.15, -0.1) is 0 Å². The summed E-state index contributed by atoms with van der Waals surface area (Å²) in [4.78, 5) is 27.8. The van der Waals surface area contributed by atoms with Crippen molar-refractivity contribution in [1.29, 1.82) is 0 Å². The van der Waals surface area contributed by atoms with Crippen molar-refractivity contribution < 1.29 is 14.3 Å². The monoisotopic (exact) mass is 396 g/mol. The van der Waals surface area contributed by atoms with Crippen LogP contribution in [0.5, 0.6) is 5.75 Å². The molecule has 0 aromatic heterocycles. The molecule has 29 heavy (non-hydrogen) atoms. The summed E-state index contributed by atoms with van der Waals surface area (Å²) in [5.41, 5.74) is 3.05. The van der Waals surface area contributed by atoms with E-state index in [4.69, 9.17) is 4.74 Å². The highest BCUT2D eigenvalue weighted by Gasteiger charge is 2.29. The van der Waals surface area contributed by atoms with Gasteiger partial charge in [0, 0.05) is 12.6 Å². The van der Waals surface area contributed by atoms with E-state index in [1.54, 1.807) is 12.0 Å². The molecule has 0 unspecified atom stereocenters. The molecule has 5 heteroatoms. The molecule has 2 aromatic carbocycles. The van der Waals surface area contributed by atoms with Crippen LogP contribution in [-0.4, -0.2) is 35.9 Å². The maximum absolute atomic E-state index is 13.3. The van der Waals surface area contributed by atoms with E-state index in [1.165, 1.54) is 0 Å². The molecule has 0 saturated heterocycles. The Bertz CT molecular complexity index is 815. The number of aryl methyl sites for hydroxylation is 1. The quantitative estimate of drug-likeness (QED) is 0.700. The number of carbonyl (C=O) groups is 2. The van der Waals surface area contributed by atoms with Gasteiger partial charge in [-0.1, -0.05) is 43.3 Å². The maximum Gasteiger partial charge on any atom is 0.243 e. The second-order valence-electron chi connectivity index (χ2n) is 7.56. The van der Waals surface area contributed by atoms with Gasteiger partial charge in [-0.25, -0.2) is 0 Å². The van der Waals surface area contributed by atoms with Gasteiger partial charge < -0.3 is 15.0 Å². The molecule has 0 aliphatic carbocycles. The molecule has 0 radical (unpaired) electrons. The summed E-state index contributed by atoms with van der Waals surface area (Å²) in [6.07, 6.45) is 0.792. The minimum Gasteiger partial charge on any atom is -0.497 e. The van der Waals surface area contributed by atoms with E-state index in [9.17, 15) is 9.59 Å². The van der Waals surface area contributed by atoms with Crippen LogP contribution in [0.1, 0.15) is 43.9 Å². The Kier molecular flexibility index (Phi) is 8.25. The highest BCUT2D eigenvalue weighted by molar-refractivity contribution is 5.88. The summed E-state index contributed by atoms with van der Waals surface area (Å²) in [5.74, 6) is 0.573. The summed E-state index contributed by atoms with van der Waals surface area (Å²) in [7, 11) is 1.61. The molecule has 156 valence electrons. The lowest BCUT2D eigenvalue weighted by atomic mass is 10.0. The molecule has 2 rings (SSSR count). The summed E-state index contributed by atoms with van der Waals surface area (Å²) < 4.78 is 5.19. The van der Waals surface area contributed by atoms with E-state index in [0.717, 1.165) is 22.4 Å². The molecule has 0 spiro atoms. The first kappa shape index (κ1) is 22.5. The average molecular weight is 397 g/mol. The number of benzene rings is 2. The first-order valence-electron chi connectivity index (χ1n) is 10.1. The molecule has 0 bridgehead atoms. The van der Waals surface area contributed by atoms with E-state index in [0.29, 0.717) is 13.0 Å². The van der Waals surface area contributed by atoms with Gasteiger partial charge in [-0.2, -0.15) is 0 Å². The molecule has 0 heterocycles. The van der Waals surface area contributed by atoms with Gasteiger partial charge in [0.05, 0.1) is 13.5 Å². The molecule has 0 saturated carbocycles. The van der Waals surface area contributed by atoms with Crippen molar-refractivity contribution in [3.63, 3.8) is 0 Å². The van der Waals surface area contributed by atoms with E-state index in [-0.39, 0.29) is 24.3 Å². The van der Waals surface area contributed by atoms with Gasteiger partial charge in [0.15, 0.2) is 0 Å². The predicted octanol–water partition coefficient (Wildman–Crippen LogP) is 3.88. The lowest BCUT2D eigenvalue weighted by Crippen LogP contribution is -2.50. The fourth-order valence-corrected chi connectivity index (χ4v) is 3.29. The minimum atomic E-state index is -0.511. The van der Waals surface area contributed by atoms with Crippen molar-refractivity contribution in [3.05, 3.63) is 65.2 Å². The van der Waals surface area contributed by atoms with Gasteiger partial charge in [0.1, 0.15) is 11.8 Å². The maximum atomic E-state index is 13.3. The number of amides is 2. The van der Waals surface area contributed by atoms with Crippen LogP contribution >= 0.6 is 0 Å². The molecule has 0 aliphatic rings. The third kappa shape index (κ3) is 6.34. The Morgan fingerprint density at radius 2 is 1.72 bits per heavy atom. The standard InChI is InChI=1S/C24H32N2O3/c1-6-22(24(28)25-17(2)3)26(16-20-10-8-7-9-18(20)4)23(27)15-19-11-13-21(29-5)14-12-19/h7-14,17,22H,6,15-16H2,1-5H3,(H,25,28)/t22-/m1/s1. The van der Waals surface area contributed by atoms with Gasteiger partial charge in [-0.05, 0) is 56.0 Å². The Hall–Kier alpha value is -2.82. The number of rotatable bonds is 9. The number of hydrogen-bond acceptors (Lipinski definition) is 3. The zero-order valence-corrected chi connectivity index (χ0v) is 18.1. The van der Waals surface area contributed by atoms with Gasteiger partial charge in [0.25, 0.3) is 0 Å². The molecule has 2 aromatic rings. The highest BCUT2D eigenvalue weighted by Crippen LogP contribution is 2.18. The van der Waals surface area contributed by atoms with Gasteiger partial charge in [0.2, 0.25) is 11.8 Å². The molecule has 0 aliphatic heterocycles. The molecule has 2 amide bonds. The zero-order chi connectivity index (χ0) is 21.4. The van der Waals surface area contributed by atoms with Crippen LogP contribution in [0.15, 0.2) is 48.5 Å². The lowest BCUT2D eigenvalue weighted by Gasteiger charge is -2.31. The minimum absolute atomic E-state index is 0.0218. The fraction of sp³-hybridized carbons (Fsp3) is 0.417. The van der Waals surface area contributed by atoms with E-state index >= 15 is 0 Å². The van der Waals surface area contributed by atoms with Crippen LogP contribution in [0.4, 0.5) is 0 Å². The van der Waals surface area contributed by atoms with Crippen molar-refractivity contribution in [1.82, 2.24) is 10.2 Å². The van der Waals surface area contributed by atoms with Crippen molar-refractivity contribution in [3.8, 4) is 5.75 Å². The number of carbonyl (C=O) groups excluding carboxylic acids is 2. The van der Waals surface area contributed by atoms with Crippen LogP contribution < -0.4 is 10.1 Å². The van der Waals surface area contributed by atoms with Crippen molar-refractivity contribution in [2.24, 2.45) is 0 Å². The molecular weight excluding hydrogens is 364 g/mol. The summed E-state index contributed by atoms with van der Waals surface area (Å²) in [6, 6.07) is 14.9. The third-order valence-electron chi connectivity index (χ3n) is 4.93. The van der Waals surface area contributed by atoms with Crippen LogP contribution in [0.3, 0.4) is 0 Å². The van der Waals surface area contributed by atoms with Crippen LogP contribution in [0.25, 0.3) is 0 Å². The number of nitrogens with one attached hydrogen (secondary N) is 1. The highest BCUT2D eigenvalue weighted by atomic mass is 16.5. The SMILES string of the molecule is CC[C@H](C(=O)NC(C)C)N(Cc1ccccc1C)C(=O)Cc1ccc(OC)cc1. The Balaban J connectivity index is 2.29.